The van der Waals surface area contributed by atoms with Gasteiger partial charge in [-0.3, -0.25) is 0 Å². The molecule has 96 valence electrons. The van der Waals surface area contributed by atoms with Crippen molar-refractivity contribution >= 4 is 72.6 Å². The van der Waals surface area contributed by atoms with Crippen LogP contribution in [-0.4, -0.2) is 17.1 Å². The SMILES string of the molecule is COc1nc(Br)cnc1NSc1sc(Cl)cc1Br. The summed E-state index contributed by atoms with van der Waals surface area (Å²) in [7, 11) is 1.55. The van der Waals surface area contributed by atoms with Crippen molar-refractivity contribution < 1.29 is 4.74 Å². The molecule has 4 nitrogen and oxygen atoms in total. The van der Waals surface area contributed by atoms with Crippen molar-refractivity contribution in [3.63, 3.8) is 0 Å². The molecule has 0 fully saturated rings. The summed E-state index contributed by atoms with van der Waals surface area (Å²) in [5.41, 5.74) is 0. The molecule has 0 aromatic carbocycles. The van der Waals surface area contributed by atoms with Crippen LogP contribution in [0.15, 0.2) is 25.5 Å². The number of anilines is 1. The normalized spacial score (nSPS) is 10.4. The molecule has 0 saturated heterocycles. The van der Waals surface area contributed by atoms with Gasteiger partial charge >= 0.3 is 0 Å². The fourth-order valence-corrected chi connectivity index (χ4v) is 4.35. The number of nitrogens with zero attached hydrogens (tertiary/aromatic N) is 2. The van der Waals surface area contributed by atoms with Crippen LogP contribution < -0.4 is 9.46 Å². The average molecular weight is 432 g/mol. The summed E-state index contributed by atoms with van der Waals surface area (Å²) in [6.45, 7) is 0. The predicted octanol–water partition coefficient (Wildman–Crippen LogP) is 4.84. The molecule has 2 aromatic heterocycles. The molecule has 2 heterocycles. The van der Waals surface area contributed by atoms with Gasteiger partial charge in [-0.05, 0) is 49.9 Å². The zero-order chi connectivity index (χ0) is 13.1. The molecule has 0 amide bonds. The van der Waals surface area contributed by atoms with Gasteiger partial charge in [-0.1, -0.05) is 11.6 Å². The summed E-state index contributed by atoms with van der Waals surface area (Å²) in [5, 5.41) is 0. The number of methoxy groups -OCH3 is 1. The second kappa shape index (κ2) is 6.42. The topological polar surface area (TPSA) is 47.0 Å². The van der Waals surface area contributed by atoms with Crippen LogP contribution in [0.1, 0.15) is 0 Å². The molecule has 0 aliphatic carbocycles. The summed E-state index contributed by atoms with van der Waals surface area (Å²) in [4.78, 5) is 8.34. The van der Waals surface area contributed by atoms with Crippen molar-refractivity contribution in [3.8, 4) is 5.88 Å². The zero-order valence-corrected chi connectivity index (χ0v) is 14.5. The van der Waals surface area contributed by atoms with Crippen molar-refractivity contribution in [1.82, 2.24) is 9.97 Å². The van der Waals surface area contributed by atoms with Crippen molar-refractivity contribution in [1.29, 1.82) is 0 Å². The van der Waals surface area contributed by atoms with E-state index in [9.17, 15) is 0 Å². The van der Waals surface area contributed by atoms with E-state index in [1.165, 1.54) is 23.3 Å². The van der Waals surface area contributed by atoms with E-state index in [-0.39, 0.29) is 0 Å². The van der Waals surface area contributed by atoms with Gasteiger partial charge in [-0.25, -0.2) is 9.97 Å². The van der Waals surface area contributed by atoms with E-state index < -0.39 is 0 Å². The number of hydrogen-bond acceptors (Lipinski definition) is 6. The van der Waals surface area contributed by atoms with Crippen molar-refractivity contribution in [2.75, 3.05) is 11.8 Å². The number of thiophene rings is 1. The van der Waals surface area contributed by atoms with Crippen molar-refractivity contribution in [3.05, 3.63) is 25.7 Å². The van der Waals surface area contributed by atoms with Crippen molar-refractivity contribution in [2.45, 2.75) is 4.21 Å². The molecule has 0 radical (unpaired) electrons. The predicted molar refractivity (Wildman–Crippen MR) is 82.8 cm³/mol. The van der Waals surface area contributed by atoms with Gasteiger partial charge < -0.3 is 9.46 Å². The lowest BCUT2D eigenvalue weighted by Crippen LogP contribution is -1.97. The Bertz CT molecular complexity index is 567. The van der Waals surface area contributed by atoms with Crippen LogP contribution in [-0.2, 0) is 0 Å². The van der Waals surface area contributed by atoms with E-state index in [2.05, 4.69) is 46.5 Å². The number of nitrogens with one attached hydrogen (secondary N) is 1. The van der Waals surface area contributed by atoms with Crippen LogP contribution >= 0.6 is 66.7 Å². The highest BCUT2D eigenvalue weighted by molar-refractivity contribution is 9.10. The molecule has 2 rings (SSSR count). The van der Waals surface area contributed by atoms with E-state index in [1.54, 1.807) is 13.3 Å². The van der Waals surface area contributed by atoms with Gasteiger partial charge in [0.25, 0.3) is 5.88 Å². The molecule has 0 bridgehead atoms. The summed E-state index contributed by atoms with van der Waals surface area (Å²) >= 11 is 15.4. The van der Waals surface area contributed by atoms with Gasteiger partial charge in [0, 0.05) is 4.47 Å². The lowest BCUT2D eigenvalue weighted by Gasteiger charge is -2.07. The highest BCUT2D eigenvalue weighted by atomic mass is 79.9. The second-order valence-corrected chi connectivity index (χ2v) is 7.37. The first kappa shape index (κ1) is 14.4. The average Bonchev–Trinajstić information content (AvgIpc) is 2.66. The smallest absolute Gasteiger partial charge is 0.259 e. The van der Waals surface area contributed by atoms with E-state index in [4.69, 9.17) is 16.3 Å². The molecular weight excluding hydrogens is 426 g/mol. The maximum Gasteiger partial charge on any atom is 0.259 e. The van der Waals surface area contributed by atoms with Gasteiger partial charge in [-0.15, -0.1) is 11.3 Å². The minimum absolute atomic E-state index is 0.427. The number of halogens is 3. The first-order chi connectivity index (χ1) is 8.60. The molecule has 9 heteroatoms. The molecule has 0 atom stereocenters. The molecule has 0 spiro atoms. The Balaban J connectivity index is 2.13. The van der Waals surface area contributed by atoms with Gasteiger partial charge in [0.15, 0.2) is 5.82 Å². The third-order valence-electron chi connectivity index (χ3n) is 1.77. The monoisotopic (exact) mass is 429 g/mol. The van der Waals surface area contributed by atoms with E-state index in [0.29, 0.717) is 16.3 Å². The quantitative estimate of drug-likeness (QED) is 0.702. The van der Waals surface area contributed by atoms with Crippen LogP contribution in [0.2, 0.25) is 4.34 Å². The number of rotatable bonds is 4. The standard InChI is InChI=1S/C9H6Br2ClN3OS2/c1-16-8-7(13-3-5(11)14-8)15-18-9-4(10)2-6(12)17-9/h2-3H,1H3,(H,13,15). The van der Waals surface area contributed by atoms with Crippen LogP contribution in [0.25, 0.3) is 0 Å². The van der Waals surface area contributed by atoms with E-state index >= 15 is 0 Å². The second-order valence-electron chi connectivity index (χ2n) is 2.94. The first-order valence-electron chi connectivity index (χ1n) is 4.54. The Hall–Kier alpha value is -0.0200. The maximum absolute atomic E-state index is 5.92. The summed E-state index contributed by atoms with van der Waals surface area (Å²) in [6, 6.07) is 1.85. The molecule has 0 aliphatic rings. The van der Waals surface area contributed by atoms with Crippen LogP contribution in [0.3, 0.4) is 0 Å². The fourth-order valence-electron chi connectivity index (χ4n) is 1.05. The van der Waals surface area contributed by atoms with E-state index in [0.717, 1.165) is 13.0 Å². The molecule has 0 unspecified atom stereocenters. The fraction of sp³-hybridized carbons (Fsp3) is 0.111. The highest BCUT2D eigenvalue weighted by Gasteiger charge is 2.10. The minimum atomic E-state index is 0.427. The van der Waals surface area contributed by atoms with Crippen LogP contribution in [0, 0.1) is 0 Å². The third-order valence-corrected chi connectivity index (χ3v) is 5.56. The Morgan fingerprint density at radius 1 is 1.50 bits per heavy atom. The zero-order valence-electron chi connectivity index (χ0n) is 8.91. The molecule has 0 saturated carbocycles. The number of aromatic nitrogens is 2. The molecule has 2 aromatic rings. The largest absolute Gasteiger partial charge is 0.478 e. The van der Waals surface area contributed by atoms with Crippen molar-refractivity contribution in [2.24, 2.45) is 0 Å². The van der Waals surface area contributed by atoms with Gasteiger partial charge in [0.05, 0.1) is 21.9 Å². The Morgan fingerprint density at radius 3 is 2.89 bits per heavy atom. The Labute approximate surface area is 134 Å². The van der Waals surface area contributed by atoms with E-state index in [1.807, 2.05) is 6.07 Å². The Kier molecular flexibility index (Phi) is 5.14. The van der Waals surface area contributed by atoms with Gasteiger partial charge in [-0.2, -0.15) is 0 Å². The summed E-state index contributed by atoms with van der Waals surface area (Å²) < 4.78 is 11.5. The molecule has 18 heavy (non-hydrogen) atoms. The number of ether oxygens (including phenoxy) is 1. The third kappa shape index (κ3) is 3.51. The van der Waals surface area contributed by atoms with Crippen LogP contribution in [0.5, 0.6) is 5.88 Å². The summed E-state index contributed by atoms with van der Waals surface area (Å²) in [6.07, 6.45) is 1.60. The maximum atomic E-state index is 5.92. The highest BCUT2D eigenvalue weighted by Crippen LogP contribution is 2.39. The minimum Gasteiger partial charge on any atom is -0.478 e. The lowest BCUT2D eigenvalue weighted by molar-refractivity contribution is 0.397. The molecule has 0 aliphatic heterocycles. The molecular formula is C9H6Br2ClN3OS2. The van der Waals surface area contributed by atoms with Gasteiger partial charge in [0.2, 0.25) is 0 Å². The lowest BCUT2D eigenvalue weighted by atomic mass is 10.6. The Morgan fingerprint density at radius 2 is 2.28 bits per heavy atom. The first-order valence-corrected chi connectivity index (χ1v) is 8.14. The summed E-state index contributed by atoms with van der Waals surface area (Å²) in [5.74, 6) is 0.984. The van der Waals surface area contributed by atoms with Gasteiger partial charge in [0.1, 0.15) is 4.60 Å². The van der Waals surface area contributed by atoms with Crippen LogP contribution in [0.4, 0.5) is 5.82 Å². The number of hydrogen-bond donors (Lipinski definition) is 1. The molecule has 1 N–H and O–H groups in total.